The molecular weight excluding hydrogens is 256 g/mol. The third-order valence-electron chi connectivity index (χ3n) is 3.68. The summed E-state index contributed by atoms with van der Waals surface area (Å²) in [6, 6.07) is 11.3. The van der Waals surface area contributed by atoms with Crippen LogP contribution in [-0.2, 0) is 22.7 Å². The molecule has 2 aromatic rings. The zero-order valence-corrected chi connectivity index (χ0v) is 11.9. The van der Waals surface area contributed by atoms with Gasteiger partial charge < -0.3 is 0 Å². The van der Waals surface area contributed by atoms with Crippen molar-refractivity contribution in [1.82, 2.24) is 0 Å². The average molecular weight is 272 g/mol. The summed E-state index contributed by atoms with van der Waals surface area (Å²) in [6.45, 7) is 4.03. The molecule has 0 aliphatic carbocycles. The van der Waals surface area contributed by atoms with Crippen LogP contribution in [0.15, 0.2) is 46.2 Å². The van der Waals surface area contributed by atoms with Crippen LogP contribution in [0.3, 0.4) is 0 Å². The molecule has 0 aromatic heterocycles. The van der Waals surface area contributed by atoms with E-state index in [4.69, 9.17) is 0 Å². The summed E-state index contributed by atoms with van der Waals surface area (Å²) in [5.41, 5.74) is 3.91. The first kappa shape index (κ1) is 12.4. The fourth-order valence-corrected chi connectivity index (χ4v) is 4.88. The van der Waals surface area contributed by atoms with Crippen LogP contribution in [0, 0.1) is 6.92 Å². The molecule has 3 rings (SSSR count). The number of hydrogen-bond donors (Lipinski definition) is 0. The highest BCUT2D eigenvalue weighted by Crippen LogP contribution is 2.37. The number of rotatable bonds is 1. The highest BCUT2D eigenvalue weighted by atomic mass is 32.2. The van der Waals surface area contributed by atoms with Crippen LogP contribution in [-0.4, -0.2) is 8.42 Å². The van der Waals surface area contributed by atoms with Crippen molar-refractivity contribution in [2.24, 2.45) is 0 Å². The molecule has 0 atom stereocenters. The molecule has 0 radical (unpaired) electrons. The second kappa shape index (κ2) is 4.20. The van der Waals surface area contributed by atoms with Gasteiger partial charge in [-0.05, 0) is 36.1 Å². The predicted octanol–water partition coefficient (Wildman–Crippen LogP) is 3.29. The third kappa shape index (κ3) is 1.80. The molecule has 3 heteroatoms. The maximum absolute atomic E-state index is 12.8. The SMILES string of the molecule is CCc1cc(C)cc2c1S(=O)(=O)c1ccccc1C2. The molecule has 98 valence electrons. The lowest BCUT2D eigenvalue weighted by Gasteiger charge is -2.22. The van der Waals surface area contributed by atoms with Crippen molar-refractivity contribution < 1.29 is 8.42 Å². The summed E-state index contributed by atoms with van der Waals surface area (Å²) >= 11 is 0. The van der Waals surface area contributed by atoms with E-state index in [-0.39, 0.29) is 0 Å². The Morgan fingerprint density at radius 3 is 2.58 bits per heavy atom. The first-order valence-electron chi connectivity index (χ1n) is 6.49. The quantitative estimate of drug-likeness (QED) is 0.681. The summed E-state index contributed by atoms with van der Waals surface area (Å²) in [4.78, 5) is 1.01. The fraction of sp³-hybridized carbons (Fsp3) is 0.250. The Bertz CT molecular complexity index is 758. The van der Waals surface area contributed by atoms with Crippen LogP contribution in [0.5, 0.6) is 0 Å². The van der Waals surface area contributed by atoms with Gasteiger partial charge in [-0.1, -0.05) is 42.8 Å². The van der Waals surface area contributed by atoms with E-state index in [9.17, 15) is 8.42 Å². The zero-order chi connectivity index (χ0) is 13.6. The minimum Gasteiger partial charge on any atom is -0.218 e. The first-order chi connectivity index (χ1) is 9.04. The molecule has 19 heavy (non-hydrogen) atoms. The fourth-order valence-electron chi connectivity index (χ4n) is 2.89. The summed E-state index contributed by atoms with van der Waals surface area (Å²) in [5.74, 6) is 0. The number of aryl methyl sites for hydroxylation is 2. The highest BCUT2D eigenvalue weighted by molar-refractivity contribution is 7.91. The summed E-state index contributed by atoms with van der Waals surface area (Å²) in [7, 11) is -3.36. The second-order valence-electron chi connectivity index (χ2n) is 5.05. The summed E-state index contributed by atoms with van der Waals surface area (Å²) < 4.78 is 25.6. The minimum absolute atomic E-state index is 0.473. The van der Waals surface area contributed by atoms with Crippen molar-refractivity contribution in [3.05, 3.63) is 58.7 Å². The predicted molar refractivity (Wildman–Crippen MR) is 75.3 cm³/mol. The first-order valence-corrected chi connectivity index (χ1v) is 7.97. The van der Waals surface area contributed by atoms with Gasteiger partial charge in [-0.25, -0.2) is 8.42 Å². The van der Waals surface area contributed by atoms with E-state index in [0.29, 0.717) is 16.2 Å². The molecular formula is C16H16O2S. The Kier molecular flexibility index (Phi) is 2.75. The van der Waals surface area contributed by atoms with E-state index in [0.717, 1.165) is 28.7 Å². The molecule has 0 unspecified atom stereocenters. The number of hydrogen-bond acceptors (Lipinski definition) is 2. The van der Waals surface area contributed by atoms with E-state index in [2.05, 4.69) is 0 Å². The van der Waals surface area contributed by atoms with Gasteiger partial charge in [0.2, 0.25) is 9.84 Å². The Balaban J connectivity index is 2.38. The van der Waals surface area contributed by atoms with E-state index in [1.54, 1.807) is 12.1 Å². The van der Waals surface area contributed by atoms with Crippen molar-refractivity contribution in [3.63, 3.8) is 0 Å². The van der Waals surface area contributed by atoms with Crippen LogP contribution in [0.25, 0.3) is 0 Å². The Morgan fingerprint density at radius 2 is 1.84 bits per heavy atom. The van der Waals surface area contributed by atoms with Gasteiger partial charge >= 0.3 is 0 Å². The molecule has 0 saturated carbocycles. The minimum atomic E-state index is -3.36. The van der Waals surface area contributed by atoms with Gasteiger partial charge in [0.1, 0.15) is 0 Å². The molecule has 0 N–H and O–H groups in total. The molecule has 0 spiro atoms. The van der Waals surface area contributed by atoms with Gasteiger partial charge in [-0.15, -0.1) is 0 Å². The lowest BCUT2D eigenvalue weighted by Crippen LogP contribution is -2.17. The number of benzene rings is 2. The van der Waals surface area contributed by atoms with Crippen molar-refractivity contribution in [2.75, 3.05) is 0 Å². The summed E-state index contributed by atoms with van der Waals surface area (Å²) in [6.07, 6.45) is 1.45. The van der Waals surface area contributed by atoms with E-state index < -0.39 is 9.84 Å². The largest absolute Gasteiger partial charge is 0.218 e. The van der Waals surface area contributed by atoms with E-state index >= 15 is 0 Å². The van der Waals surface area contributed by atoms with E-state index in [1.165, 1.54) is 0 Å². The van der Waals surface area contributed by atoms with Crippen LogP contribution in [0.4, 0.5) is 0 Å². The lowest BCUT2D eigenvalue weighted by molar-refractivity contribution is 0.590. The van der Waals surface area contributed by atoms with E-state index in [1.807, 2.05) is 38.1 Å². The van der Waals surface area contributed by atoms with Crippen LogP contribution in [0.2, 0.25) is 0 Å². The van der Waals surface area contributed by atoms with Gasteiger partial charge in [0, 0.05) is 6.42 Å². The van der Waals surface area contributed by atoms with Crippen LogP contribution >= 0.6 is 0 Å². The number of sulfone groups is 1. The maximum Gasteiger partial charge on any atom is 0.207 e. The Hall–Kier alpha value is -1.61. The number of fused-ring (bicyclic) bond motifs is 2. The molecule has 0 saturated heterocycles. The monoisotopic (exact) mass is 272 g/mol. The van der Waals surface area contributed by atoms with Gasteiger partial charge in [-0.2, -0.15) is 0 Å². The zero-order valence-electron chi connectivity index (χ0n) is 11.1. The molecule has 2 aromatic carbocycles. The highest BCUT2D eigenvalue weighted by Gasteiger charge is 2.31. The molecule has 0 bridgehead atoms. The van der Waals surface area contributed by atoms with Gasteiger partial charge in [0.25, 0.3) is 0 Å². The second-order valence-corrected chi connectivity index (χ2v) is 6.91. The van der Waals surface area contributed by atoms with Crippen molar-refractivity contribution in [3.8, 4) is 0 Å². The molecule has 1 heterocycles. The Labute approximate surface area is 114 Å². The molecule has 0 fully saturated rings. The normalized spacial score (nSPS) is 15.7. The molecule has 0 amide bonds. The maximum atomic E-state index is 12.8. The van der Waals surface area contributed by atoms with Crippen LogP contribution < -0.4 is 0 Å². The standard InChI is InChI=1S/C16H16O2S/c1-3-12-8-11(2)9-14-10-13-6-4-5-7-15(13)19(17,18)16(12)14/h4-9H,3,10H2,1-2H3. The van der Waals surface area contributed by atoms with Crippen molar-refractivity contribution >= 4 is 9.84 Å². The Morgan fingerprint density at radius 1 is 1.11 bits per heavy atom. The van der Waals surface area contributed by atoms with Gasteiger partial charge in [-0.3, -0.25) is 0 Å². The van der Waals surface area contributed by atoms with Crippen LogP contribution in [0.1, 0.15) is 29.2 Å². The molecule has 1 aliphatic rings. The van der Waals surface area contributed by atoms with Crippen molar-refractivity contribution in [2.45, 2.75) is 36.5 Å². The molecule has 1 aliphatic heterocycles. The lowest BCUT2D eigenvalue weighted by atomic mass is 9.98. The molecule has 2 nitrogen and oxygen atoms in total. The smallest absolute Gasteiger partial charge is 0.207 e. The average Bonchev–Trinajstić information content (AvgIpc) is 2.37. The summed E-state index contributed by atoms with van der Waals surface area (Å²) in [5, 5.41) is 0. The third-order valence-corrected chi connectivity index (χ3v) is 5.72. The topological polar surface area (TPSA) is 34.1 Å². The van der Waals surface area contributed by atoms with Gasteiger partial charge in [0.15, 0.2) is 0 Å². The van der Waals surface area contributed by atoms with Crippen molar-refractivity contribution in [1.29, 1.82) is 0 Å². The van der Waals surface area contributed by atoms with Gasteiger partial charge in [0.05, 0.1) is 9.79 Å².